The zero-order valence-electron chi connectivity index (χ0n) is 19.5. The molecule has 1 heterocycles. The zero-order valence-corrected chi connectivity index (χ0v) is 19.5. The summed E-state index contributed by atoms with van der Waals surface area (Å²) >= 11 is 0. The van der Waals surface area contributed by atoms with Crippen LogP contribution in [0.15, 0.2) is 59.4 Å². The van der Waals surface area contributed by atoms with Crippen molar-refractivity contribution in [1.82, 2.24) is 4.57 Å². The molecule has 0 spiro atoms. The number of pyridine rings is 1. The largest absolute Gasteiger partial charge is 0.494 e. The molecule has 32 heavy (non-hydrogen) atoms. The number of carbonyl (C=O) groups is 1. The van der Waals surface area contributed by atoms with E-state index in [1.54, 1.807) is 0 Å². The minimum Gasteiger partial charge on any atom is -0.494 e. The third kappa shape index (κ3) is 5.58. The molecule has 0 bridgehead atoms. The van der Waals surface area contributed by atoms with Crippen molar-refractivity contribution in [2.24, 2.45) is 5.92 Å². The van der Waals surface area contributed by atoms with Gasteiger partial charge in [-0.05, 0) is 62.9 Å². The van der Waals surface area contributed by atoms with Gasteiger partial charge in [-0.3, -0.25) is 9.59 Å². The maximum Gasteiger partial charge on any atom is 0.308 e. The number of fused-ring (bicyclic) bond motifs is 1. The molecule has 1 aromatic heterocycles. The van der Waals surface area contributed by atoms with Gasteiger partial charge in [-0.2, -0.15) is 0 Å². The second kappa shape index (κ2) is 11.0. The molecule has 0 aliphatic heterocycles. The second-order valence-electron chi connectivity index (χ2n) is 8.45. The molecule has 0 N–H and O–H groups in total. The molecular formula is C27H33NO4. The highest BCUT2D eigenvalue weighted by Crippen LogP contribution is 2.26. The van der Waals surface area contributed by atoms with Gasteiger partial charge >= 0.3 is 5.97 Å². The Hall–Kier alpha value is -3.08. The maximum absolute atomic E-state index is 13.2. The third-order valence-corrected chi connectivity index (χ3v) is 5.68. The molecular weight excluding hydrogens is 402 g/mol. The van der Waals surface area contributed by atoms with Gasteiger partial charge in [0.1, 0.15) is 5.75 Å². The molecule has 1 unspecified atom stereocenters. The predicted molar refractivity (Wildman–Crippen MR) is 129 cm³/mol. The van der Waals surface area contributed by atoms with Crippen LogP contribution < -0.4 is 10.3 Å². The van der Waals surface area contributed by atoms with Crippen molar-refractivity contribution in [2.75, 3.05) is 13.2 Å². The first kappa shape index (κ1) is 23.6. The first-order valence-corrected chi connectivity index (χ1v) is 11.5. The van der Waals surface area contributed by atoms with Crippen molar-refractivity contribution >= 4 is 16.9 Å². The molecule has 3 rings (SSSR count). The molecule has 0 radical (unpaired) electrons. The number of nitrogens with zero attached hydrogens (tertiary/aromatic N) is 1. The number of benzene rings is 2. The number of carbonyl (C=O) groups excluding carboxylic acids is 1. The lowest BCUT2D eigenvalue weighted by atomic mass is 10.0. The Morgan fingerprint density at radius 1 is 0.969 bits per heavy atom. The molecule has 0 aliphatic rings. The molecule has 5 heteroatoms. The van der Waals surface area contributed by atoms with Crippen LogP contribution in [0.25, 0.3) is 22.0 Å². The number of rotatable bonds is 10. The number of hydrogen-bond donors (Lipinski definition) is 0. The van der Waals surface area contributed by atoms with Crippen molar-refractivity contribution in [2.45, 2.75) is 53.0 Å². The van der Waals surface area contributed by atoms with Crippen LogP contribution in [0, 0.1) is 5.92 Å². The fourth-order valence-electron chi connectivity index (χ4n) is 3.63. The van der Waals surface area contributed by atoms with E-state index in [1.807, 2.05) is 86.9 Å². The van der Waals surface area contributed by atoms with E-state index in [0.29, 0.717) is 18.8 Å². The molecule has 0 saturated heterocycles. The Bertz CT molecular complexity index is 1100. The Morgan fingerprint density at radius 3 is 2.38 bits per heavy atom. The van der Waals surface area contributed by atoms with Crippen molar-refractivity contribution in [3.05, 3.63) is 65.0 Å². The van der Waals surface area contributed by atoms with Crippen LogP contribution in [0.1, 0.15) is 53.0 Å². The maximum atomic E-state index is 13.2. The Balaban J connectivity index is 1.72. The standard InChI is InChI=1S/C27H33NO4/c1-5-20(4)27(30)32-16-10-9-15-31-23-13-14-25-22(17-23)18-24(21-11-7-6-8-12-21)26(29)28(25)19(2)3/h6-8,11-14,17-20H,5,9-10,15-16H2,1-4H3. The van der Waals surface area contributed by atoms with Gasteiger partial charge in [-0.15, -0.1) is 0 Å². The Morgan fingerprint density at radius 2 is 1.69 bits per heavy atom. The summed E-state index contributed by atoms with van der Waals surface area (Å²) in [6, 6.07) is 17.6. The lowest BCUT2D eigenvalue weighted by Crippen LogP contribution is -2.23. The SMILES string of the molecule is CCC(C)C(=O)OCCCCOc1ccc2c(c1)cc(-c1ccccc1)c(=O)n2C(C)C. The minimum absolute atomic E-state index is 0.0132. The van der Waals surface area contributed by atoms with E-state index in [0.717, 1.165) is 41.5 Å². The topological polar surface area (TPSA) is 57.5 Å². The van der Waals surface area contributed by atoms with E-state index < -0.39 is 0 Å². The van der Waals surface area contributed by atoms with Crippen molar-refractivity contribution in [3.63, 3.8) is 0 Å². The number of ether oxygens (including phenoxy) is 2. The summed E-state index contributed by atoms with van der Waals surface area (Å²) < 4.78 is 13.1. The van der Waals surface area contributed by atoms with Crippen LogP contribution in [0.4, 0.5) is 0 Å². The minimum atomic E-state index is -0.131. The van der Waals surface area contributed by atoms with Crippen molar-refractivity contribution in [1.29, 1.82) is 0 Å². The van der Waals surface area contributed by atoms with Gasteiger partial charge in [0.2, 0.25) is 0 Å². The monoisotopic (exact) mass is 435 g/mol. The van der Waals surface area contributed by atoms with Crippen molar-refractivity contribution in [3.8, 4) is 16.9 Å². The van der Waals surface area contributed by atoms with Crippen LogP contribution in [-0.4, -0.2) is 23.8 Å². The highest BCUT2D eigenvalue weighted by atomic mass is 16.5. The quantitative estimate of drug-likeness (QED) is 0.290. The average Bonchev–Trinajstić information content (AvgIpc) is 2.80. The van der Waals surface area contributed by atoms with E-state index in [4.69, 9.17) is 9.47 Å². The summed E-state index contributed by atoms with van der Waals surface area (Å²) in [7, 11) is 0. The lowest BCUT2D eigenvalue weighted by Gasteiger charge is -2.17. The van der Waals surface area contributed by atoms with E-state index in [-0.39, 0.29) is 23.5 Å². The van der Waals surface area contributed by atoms with Crippen molar-refractivity contribution < 1.29 is 14.3 Å². The van der Waals surface area contributed by atoms with E-state index in [2.05, 4.69) is 0 Å². The highest BCUT2D eigenvalue weighted by Gasteiger charge is 2.14. The van der Waals surface area contributed by atoms with Gasteiger partial charge in [0, 0.05) is 17.0 Å². The van der Waals surface area contributed by atoms with Crippen LogP contribution in [-0.2, 0) is 9.53 Å². The molecule has 1 atom stereocenters. The molecule has 0 fully saturated rings. The van der Waals surface area contributed by atoms with Gasteiger partial charge < -0.3 is 14.0 Å². The molecule has 3 aromatic rings. The summed E-state index contributed by atoms with van der Waals surface area (Å²) in [6.45, 7) is 8.87. The Labute approximate surface area is 190 Å². The van der Waals surface area contributed by atoms with E-state index >= 15 is 0 Å². The number of hydrogen-bond acceptors (Lipinski definition) is 4. The average molecular weight is 436 g/mol. The van der Waals surface area contributed by atoms with E-state index in [1.165, 1.54) is 0 Å². The van der Waals surface area contributed by atoms with Gasteiger partial charge in [0.15, 0.2) is 0 Å². The fourth-order valence-corrected chi connectivity index (χ4v) is 3.63. The molecule has 170 valence electrons. The first-order chi connectivity index (χ1) is 15.4. The number of aromatic nitrogens is 1. The lowest BCUT2D eigenvalue weighted by molar-refractivity contribution is -0.148. The van der Waals surface area contributed by atoms with Gasteiger partial charge in [0.05, 0.1) is 24.6 Å². The Kier molecular flexibility index (Phi) is 8.09. The number of unbranched alkanes of at least 4 members (excludes halogenated alkanes) is 1. The molecule has 5 nitrogen and oxygen atoms in total. The summed E-state index contributed by atoms with van der Waals surface area (Å²) in [5.74, 6) is 0.586. The molecule has 0 amide bonds. The summed E-state index contributed by atoms with van der Waals surface area (Å²) in [5, 5.41) is 0.970. The van der Waals surface area contributed by atoms with Gasteiger partial charge in [-0.1, -0.05) is 44.2 Å². The van der Waals surface area contributed by atoms with Crippen LogP contribution in [0.3, 0.4) is 0 Å². The molecule has 0 aliphatic carbocycles. The zero-order chi connectivity index (χ0) is 23.1. The fraction of sp³-hybridized carbons (Fsp3) is 0.407. The van der Waals surface area contributed by atoms with Crippen LogP contribution in [0.2, 0.25) is 0 Å². The predicted octanol–water partition coefficient (Wildman–Crippen LogP) is 6.00. The van der Waals surface area contributed by atoms with Gasteiger partial charge in [0.25, 0.3) is 5.56 Å². The van der Waals surface area contributed by atoms with Crippen LogP contribution in [0.5, 0.6) is 5.75 Å². The molecule has 0 saturated carbocycles. The van der Waals surface area contributed by atoms with Gasteiger partial charge in [-0.25, -0.2) is 0 Å². The second-order valence-corrected chi connectivity index (χ2v) is 8.45. The molecule has 2 aromatic carbocycles. The summed E-state index contributed by atoms with van der Waals surface area (Å²) in [5.41, 5.74) is 2.51. The normalized spacial score (nSPS) is 12.2. The van der Waals surface area contributed by atoms with E-state index in [9.17, 15) is 9.59 Å². The number of esters is 1. The summed E-state index contributed by atoms with van der Waals surface area (Å²) in [4.78, 5) is 24.9. The smallest absolute Gasteiger partial charge is 0.308 e. The highest BCUT2D eigenvalue weighted by molar-refractivity contribution is 5.85. The third-order valence-electron chi connectivity index (χ3n) is 5.68. The van der Waals surface area contributed by atoms with Crippen LogP contribution >= 0.6 is 0 Å². The summed E-state index contributed by atoms with van der Waals surface area (Å²) in [6.07, 6.45) is 2.36. The first-order valence-electron chi connectivity index (χ1n) is 11.5.